The predicted molar refractivity (Wildman–Crippen MR) is 119 cm³/mol. The predicted octanol–water partition coefficient (Wildman–Crippen LogP) is 5.98. The zero-order chi connectivity index (χ0) is 20.2. The van der Waals surface area contributed by atoms with Crippen LogP contribution in [0.5, 0.6) is 0 Å². The summed E-state index contributed by atoms with van der Waals surface area (Å²) in [5, 5.41) is 0. The summed E-state index contributed by atoms with van der Waals surface area (Å²) in [7, 11) is 0. The summed E-state index contributed by atoms with van der Waals surface area (Å²) in [6, 6.07) is 1.45. The van der Waals surface area contributed by atoms with Gasteiger partial charge in [-0.2, -0.15) is 0 Å². The van der Waals surface area contributed by atoms with E-state index >= 15 is 0 Å². The Morgan fingerprint density at radius 2 is 1.31 bits per heavy atom. The van der Waals surface area contributed by atoms with Crippen LogP contribution in [0.1, 0.15) is 88.0 Å². The van der Waals surface area contributed by atoms with Crippen LogP contribution in [-0.2, 0) is 0 Å². The molecule has 2 aliphatic rings. The first-order valence-electron chi connectivity index (χ1n) is 10.6. The Morgan fingerprint density at radius 1 is 0.808 bits per heavy atom. The lowest BCUT2D eigenvalue weighted by Crippen LogP contribution is -2.38. The minimum atomic E-state index is 0.355. The molecule has 0 atom stereocenters. The number of hydrogen-bond donors (Lipinski definition) is 0. The van der Waals surface area contributed by atoms with Crippen molar-refractivity contribution in [2.45, 2.75) is 100 Å². The fraction of sp³-hybridized carbons (Fsp3) is 0.833. The maximum Gasteiger partial charge on any atom is 0.0200 e. The summed E-state index contributed by atoms with van der Waals surface area (Å²) in [6.07, 6.45) is 7.93. The minimum Gasteiger partial charge on any atom is -0.301 e. The Kier molecular flexibility index (Phi) is 13.0. The number of piperidine rings is 1. The van der Waals surface area contributed by atoms with Gasteiger partial charge in [-0.1, -0.05) is 38.8 Å². The molecule has 26 heavy (non-hydrogen) atoms. The van der Waals surface area contributed by atoms with Crippen LogP contribution in [0.25, 0.3) is 0 Å². The van der Waals surface area contributed by atoms with Crippen LogP contribution in [0, 0.1) is 17.3 Å². The first-order chi connectivity index (χ1) is 12.1. The van der Waals surface area contributed by atoms with Gasteiger partial charge in [0.05, 0.1) is 0 Å². The highest BCUT2D eigenvalue weighted by Gasteiger charge is 2.23. The highest BCUT2D eigenvalue weighted by Crippen LogP contribution is 2.29. The minimum absolute atomic E-state index is 0.355. The van der Waals surface area contributed by atoms with Crippen molar-refractivity contribution in [1.82, 2.24) is 9.80 Å². The summed E-state index contributed by atoms with van der Waals surface area (Å²) in [6.45, 7) is 24.8. The van der Waals surface area contributed by atoms with Crippen LogP contribution in [0.15, 0.2) is 11.6 Å². The average Bonchev–Trinajstić information content (AvgIpc) is 2.62. The van der Waals surface area contributed by atoms with Crippen molar-refractivity contribution in [3.8, 4) is 11.8 Å². The topological polar surface area (TPSA) is 6.48 Å². The lowest BCUT2D eigenvalue weighted by molar-refractivity contribution is 0.185. The fourth-order valence-corrected chi connectivity index (χ4v) is 3.19. The van der Waals surface area contributed by atoms with Gasteiger partial charge in [0.25, 0.3) is 0 Å². The molecule has 2 aliphatic heterocycles. The summed E-state index contributed by atoms with van der Waals surface area (Å²) < 4.78 is 0. The van der Waals surface area contributed by atoms with Crippen molar-refractivity contribution in [3.63, 3.8) is 0 Å². The molecule has 0 N–H and O–H groups in total. The van der Waals surface area contributed by atoms with Gasteiger partial charge in [0.2, 0.25) is 0 Å². The molecule has 0 aromatic rings. The lowest BCUT2D eigenvalue weighted by Gasteiger charge is -2.35. The van der Waals surface area contributed by atoms with E-state index in [9.17, 15) is 0 Å². The van der Waals surface area contributed by atoms with Gasteiger partial charge in [-0.25, -0.2) is 0 Å². The molecule has 1 fully saturated rings. The van der Waals surface area contributed by atoms with Crippen molar-refractivity contribution in [3.05, 3.63) is 11.6 Å². The maximum atomic E-state index is 2.68. The summed E-state index contributed by atoms with van der Waals surface area (Å²) in [5.41, 5.74) is 1.96. The number of likely N-dealkylation sites (tertiary alicyclic amines) is 1. The monoisotopic (exact) mass is 362 g/mol. The molecule has 2 heterocycles. The van der Waals surface area contributed by atoms with Crippen LogP contribution >= 0.6 is 0 Å². The van der Waals surface area contributed by atoms with Crippen molar-refractivity contribution < 1.29 is 0 Å². The molecule has 1 saturated heterocycles. The van der Waals surface area contributed by atoms with Crippen LogP contribution in [0.2, 0.25) is 0 Å². The largest absolute Gasteiger partial charge is 0.301 e. The van der Waals surface area contributed by atoms with Crippen LogP contribution in [0.3, 0.4) is 0 Å². The first-order valence-corrected chi connectivity index (χ1v) is 10.6. The number of nitrogens with zero attached hydrogens (tertiary/aromatic N) is 2. The highest BCUT2D eigenvalue weighted by molar-refractivity contribution is 5.15. The molecule has 0 aromatic heterocycles. The normalized spacial score (nSPS) is 18.8. The molecule has 2 heteroatoms. The van der Waals surface area contributed by atoms with Crippen LogP contribution < -0.4 is 0 Å². The molecular formula is C24H46N2. The highest BCUT2D eigenvalue weighted by atomic mass is 15.2. The molecule has 0 spiro atoms. The van der Waals surface area contributed by atoms with Crippen LogP contribution in [0.4, 0.5) is 0 Å². The Bertz CT molecular complexity index is 431. The van der Waals surface area contributed by atoms with E-state index in [0.717, 1.165) is 6.04 Å². The van der Waals surface area contributed by atoms with Gasteiger partial charge in [-0.15, -0.1) is 11.8 Å². The van der Waals surface area contributed by atoms with Gasteiger partial charge in [0.15, 0.2) is 0 Å². The third-order valence-corrected chi connectivity index (χ3v) is 5.25. The van der Waals surface area contributed by atoms with Gasteiger partial charge in [0.1, 0.15) is 0 Å². The number of rotatable bonds is 2. The van der Waals surface area contributed by atoms with E-state index in [0.29, 0.717) is 11.5 Å². The quantitative estimate of drug-likeness (QED) is 0.440. The molecule has 0 amide bonds. The van der Waals surface area contributed by atoms with E-state index in [1.807, 2.05) is 13.8 Å². The first kappa shape index (κ1) is 25.2. The third-order valence-electron chi connectivity index (χ3n) is 5.25. The molecule has 0 unspecified atom stereocenters. The van der Waals surface area contributed by atoms with Crippen molar-refractivity contribution in [1.29, 1.82) is 0 Å². The van der Waals surface area contributed by atoms with E-state index in [-0.39, 0.29) is 0 Å². The van der Waals surface area contributed by atoms with E-state index in [2.05, 4.69) is 76.2 Å². The zero-order valence-electron chi connectivity index (χ0n) is 19.3. The third kappa shape index (κ3) is 11.0. The van der Waals surface area contributed by atoms with Crippen molar-refractivity contribution in [2.24, 2.45) is 5.41 Å². The van der Waals surface area contributed by atoms with Crippen molar-refractivity contribution >= 4 is 0 Å². The molecule has 0 aromatic carbocycles. The Labute approximate surface area is 165 Å². The summed E-state index contributed by atoms with van der Waals surface area (Å²) >= 11 is 0. The van der Waals surface area contributed by atoms with Gasteiger partial charge in [-0.05, 0) is 79.3 Å². The van der Waals surface area contributed by atoms with Gasteiger partial charge in [-0.3, -0.25) is 4.90 Å². The Morgan fingerprint density at radius 3 is 1.65 bits per heavy atom. The van der Waals surface area contributed by atoms with E-state index in [4.69, 9.17) is 0 Å². The van der Waals surface area contributed by atoms with Gasteiger partial charge >= 0.3 is 0 Å². The van der Waals surface area contributed by atoms with E-state index in [1.165, 1.54) is 51.9 Å². The smallest absolute Gasteiger partial charge is 0.0200 e. The SMILES string of the molecule is CC#CC.CC(C)N1CCC=C(C(C)(C)C)C1.CC(C)N1CCCCC1. The second kappa shape index (κ2) is 13.4. The van der Waals surface area contributed by atoms with E-state index in [1.54, 1.807) is 5.57 Å². The molecule has 0 bridgehead atoms. The van der Waals surface area contributed by atoms with Crippen molar-refractivity contribution in [2.75, 3.05) is 26.2 Å². The van der Waals surface area contributed by atoms with Crippen LogP contribution in [-0.4, -0.2) is 48.1 Å². The molecule has 0 aliphatic carbocycles. The molecule has 152 valence electrons. The number of hydrogen-bond acceptors (Lipinski definition) is 2. The Hall–Kier alpha value is -0.780. The summed E-state index contributed by atoms with van der Waals surface area (Å²) in [4.78, 5) is 5.12. The molecule has 2 nitrogen and oxygen atoms in total. The summed E-state index contributed by atoms with van der Waals surface area (Å²) in [5.74, 6) is 5.36. The second-order valence-corrected chi connectivity index (χ2v) is 9.02. The standard InChI is InChI=1S/C12H23N.C8H17N.C4H6/c1-10(2)13-8-6-7-11(9-13)12(3,4)5;1-8(2)9-6-4-3-5-7-9;1-3-4-2/h7,10H,6,8-9H2,1-5H3;8H,3-7H2,1-2H3;1-2H3. The molecular weight excluding hydrogens is 316 g/mol. The fourth-order valence-electron chi connectivity index (χ4n) is 3.19. The zero-order valence-corrected chi connectivity index (χ0v) is 19.3. The molecule has 0 saturated carbocycles. The maximum absolute atomic E-state index is 2.68. The molecule has 2 rings (SSSR count). The Balaban J connectivity index is 0.000000416. The van der Waals surface area contributed by atoms with Gasteiger partial charge in [0, 0.05) is 25.2 Å². The molecule has 0 radical (unpaired) electrons. The van der Waals surface area contributed by atoms with E-state index < -0.39 is 0 Å². The average molecular weight is 363 g/mol. The van der Waals surface area contributed by atoms with Gasteiger partial charge < -0.3 is 4.90 Å². The second-order valence-electron chi connectivity index (χ2n) is 9.02. The lowest BCUT2D eigenvalue weighted by atomic mass is 9.84.